The summed E-state index contributed by atoms with van der Waals surface area (Å²) < 4.78 is 5.32. The van der Waals surface area contributed by atoms with Gasteiger partial charge in [-0.1, -0.05) is 12.1 Å². The molecule has 0 spiro atoms. The SMILES string of the molecule is CCNC(=NCc1ccc(C(=O)N(C)C)cc1)NCCc1ccco1.I. The van der Waals surface area contributed by atoms with Gasteiger partial charge in [-0.3, -0.25) is 4.79 Å². The van der Waals surface area contributed by atoms with Crippen LogP contribution in [0.4, 0.5) is 0 Å². The summed E-state index contributed by atoms with van der Waals surface area (Å²) >= 11 is 0. The third-order valence-electron chi connectivity index (χ3n) is 3.61. The fourth-order valence-electron chi connectivity index (χ4n) is 2.28. The highest BCUT2D eigenvalue weighted by Crippen LogP contribution is 2.07. The molecule has 0 bridgehead atoms. The molecule has 0 aliphatic carbocycles. The number of aliphatic imine (C=N–C) groups is 1. The van der Waals surface area contributed by atoms with E-state index in [1.54, 1.807) is 25.3 Å². The zero-order valence-corrected chi connectivity index (χ0v) is 17.8. The summed E-state index contributed by atoms with van der Waals surface area (Å²) in [5, 5.41) is 6.52. The van der Waals surface area contributed by atoms with Crippen LogP contribution in [0, 0.1) is 0 Å². The fourth-order valence-corrected chi connectivity index (χ4v) is 2.28. The Bertz CT molecular complexity index is 682. The lowest BCUT2D eigenvalue weighted by molar-refractivity contribution is 0.0827. The smallest absolute Gasteiger partial charge is 0.253 e. The standard InChI is InChI=1S/C19H26N4O2.HI/c1-4-20-19(21-12-11-17-6-5-13-25-17)22-14-15-7-9-16(10-8-15)18(24)23(2)3;/h5-10,13H,4,11-12,14H2,1-3H3,(H2,20,21,22);1H. The van der Waals surface area contributed by atoms with Gasteiger partial charge in [0.05, 0.1) is 12.8 Å². The molecule has 0 radical (unpaired) electrons. The summed E-state index contributed by atoms with van der Waals surface area (Å²) in [6, 6.07) is 11.4. The Morgan fingerprint density at radius 1 is 1.15 bits per heavy atom. The van der Waals surface area contributed by atoms with Gasteiger partial charge in [0, 0.05) is 39.2 Å². The minimum absolute atomic E-state index is 0. The Labute approximate surface area is 172 Å². The molecule has 26 heavy (non-hydrogen) atoms. The molecular weight excluding hydrogens is 443 g/mol. The van der Waals surface area contributed by atoms with E-state index >= 15 is 0 Å². The Kier molecular flexibility index (Phi) is 9.79. The van der Waals surface area contributed by atoms with Crippen LogP contribution in [0.2, 0.25) is 0 Å². The maximum Gasteiger partial charge on any atom is 0.253 e. The average molecular weight is 470 g/mol. The van der Waals surface area contributed by atoms with Crippen LogP contribution in [-0.4, -0.2) is 44.0 Å². The summed E-state index contributed by atoms with van der Waals surface area (Å²) in [6.07, 6.45) is 2.48. The van der Waals surface area contributed by atoms with Crippen LogP contribution in [0.1, 0.15) is 28.6 Å². The number of hydrogen-bond acceptors (Lipinski definition) is 3. The van der Waals surface area contributed by atoms with Crippen molar-refractivity contribution >= 4 is 35.8 Å². The van der Waals surface area contributed by atoms with Crippen LogP contribution in [0.5, 0.6) is 0 Å². The van der Waals surface area contributed by atoms with E-state index in [4.69, 9.17) is 4.42 Å². The lowest BCUT2D eigenvalue weighted by Gasteiger charge is -2.11. The summed E-state index contributed by atoms with van der Waals surface area (Å²) in [6.45, 7) is 4.12. The van der Waals surface area contributed by atoms with Gasteiger partial charge in [0.1, 0.15) is 5.76 Å². The van der Waals surface area contributed by atoms with Gasteiger partial charge in [0.25, 0.3) is 5.91 Å². The van der Waals surface area contributed by atoms with Gasteiger partial charge in [-0.05, 0) is 36.8 Å². The van der Waals surface area contributed by atoms with Crippen LogP contribution in [0.25, 0.3) is 0 Å². The topological polar surface area (TPSA) is 69.9 Å². The lowest BCUT2D eigenvalue weighted by Crippen LogP contribution is -2.38. The van der Waals surface area contributed by atoms with Crippen molar-refractivity contribution < 1.29 is 9.21 Å². The Morgan fingerprint density at radius 3 is 2.46 bits per heavy atom. The van der Waals surface area contributed by atoms with Gasteiger partial charge >= 0.3 is 0 Å². The molecule has 0 saturated carbocycles. The van der Waals surface area contributed by atoms with E-state index < -0.39 is 0 Å². The maximum atomic E-state index is 11.9. The molecule has 2 N–H and O–H groups in total. The number of nitrogens with one attached hydrogen (secondary N) is 2. The van der Waals surface area contributed by atoms with Crippen LogP contribution in [0.15, 0.2) is 52.1 Å². The van der Waals surface area contributed by atoms with Gasteiger partial charge in [-0.25, -0.2) is 4.99 Å². The van der Waals surface area contributed by atoms with Crippen molar-refractivity contribution in [2.75, 3.05) is 27.2 Å². The predicted molar refractivity (Wildman–Crippen MR) is 115 cm³/mol. The van der Waals surface area contributed by atoms with E-state index in [9.17, 15) is 4.79 Å². The monoisotopic (exact) mass is 470 g/mol. The largest absolute Gasteiger partial charge is 0.469 e. The van der Waals surface area contributed by atoms with Gasteiger partial charge in [-0.2, -0.15) is 0 Å². The number of carbonyl (C=O) groups is 1. The lowest BCUT2D eigenvalue weighted by atomic mass is 10.1. The van der Waals surface area contributed by atoms with Crippen LogP contribution in [-0.2, 0) is 13.0 Å². The molecule has 2 rings (SSSR count). The number of amides is 1. The highest BCUT2D eigenvalue weighted by molar-refractivity contribution is 14.0. The number of guanidine groups is 1. The Balaban J connectivity index is 0.00000338. The number of carbonyl (C=O) groups excluding carboxylic acids is 1. The van der Waals surface area contributed by atoms with Crippen molar-refractivity contribution in [1.82, 2.24) is 15.5 Å². The predicted octanol–water partition coefficient (Wildman–Crippen LogP) is 2.90. The number of halogens is 1. The van der Waals surface area contributed by atoms with Gasteiger partial charge < -0.3 is 20.0 Å². The Morgan fingerprint density at radius 2 is 1.88 bits per heavy atom. The van der Waals surface area contributed by atoms with Crippen molar-refractivity contribution in [2.24, 2.45) is 4.99 Å². The van der Waals surface area contributed by atoms with Crippen LogP contribution >= 0.6 is 24.0 Å². The van der Waals surface area contributed by atoms with Crippen molar-refractivity contribution in [3.8, 4) is 0 Å². The summed E-state index contributed by atoms with van der Waals surface area (Å²) in [5.41, 5.74) is 1.74. The number of nitrogens with zero attached hydrogens (tertiary/aromatic N) is 2. The van der Waals surface area contributed by atoms with E-state index in [1.165, 1.54) is 0 Å². The first-order valence-electron chi connectivity index (χ1n) is 8.45. The number of furan rings is 1. The fraction of sp³-hybridized carbons (Fsp3) is 0.368. The second kappa shape index (κ2) is 11.6. The molecule has 6 nitrogen and oxygen atoms in total. The molecule has 0 fully saturated rings. The molecule has 0 aliphatic rings. The van der Waals surface area contributed by atoms with Crippen molar-refractivity contribution in [3.05, 3.63) is 59.5 Å². The van der Waals surface area contributed by atoms with E-state index in [0.717, 1.165) is 36.8 Å². The minimum Gasteiger partial charge on any atom is -0.469 e. The zero-order chi connectivity index (χ0) is 18.1. The molecule has 0 saturated heterocycles. The first-order valence-corrected chi connectivity index (χ1v) is 8.45. The second-order valence-corrected chi connectivity index (χ2v) is 5.85. The highest BCUT2D eigenvalue weighted by atomic mass is 127. The average Bonchev–Trinajstić information content (AvgIpc) is 3.13. The molecule has 142 valence electrons. The normalized spacial score (nSPS) is 10.8. The first kappa shape index (κ1) is 22.0. The number of benzene rings is 1. The summed E-state index contributed by atoms with van der Waals surface area (Å²) in [7, 11) is 3.50. The van der Waals surface area contributed by atoms with E-state index in [0.29, 0.717) is 12.1 Å². The molecular formula is C19H27IN4O2. The Hall–Kier alpha value is -2.03. The van der Waals surface area contributed by atoms with Crippen LogP contribution < -0.4 is 10.6 Å². The van der Waals surface area contributed by atoms with Crippen molar-refractivity contribution in [3.63, 3.8) is 0 Å². The molecule has 0 unspecified atom stereocenters. The molecule has 7 heteroatoms. The molecule has 1 heterocycles. The van der Waals surface area contributed by atoms with Crippen LogP contribution in [0.3, 0.4) is 0 Å². The maximum absolute atomic E-state index is 11.9. The van der Waals surface area contributed by atoms with Gasteiger partial charge in [0.15, 0.2) is 5.96 Å². The number of hydrogen-bond donors (Lipinski definition) is 2. The van der Waals surface area contributed by atoms with Crippen molar-refractivity contribution in [1.29, 1.82) is 0 Å². The minimum atomic E-state index is 0. The summed E-state index contributed by atoms with van der Waals surface area (Å²) in [4.78, 5) is 18.0. The third kappa shape index (κ3) is 7.07. The quantitative estimate of drug-likeness (QED) is 0.371. The molecule has 1 aromatic carbocycles. The number of rotatable bonds is 7. The zero-order valence-electron chi connectivity index (χ0n) is 15.5. The molecule has 0 atom stereocenters. The van der Waals surface area contributed by atoms with E-state index in [-0.39, 0.29) is 29.9 Å². The summed E-state index contributed by atoms with van der Waals surface area (Å²) in [5.74, 6) is 1.72. The first-order chi connectivity index (χ1) is 12.1. The van der Waals surface area contributed by atoms with Gasteiger partial charge in [0.2, 0.25) is 0 Å². The van der Waals surface area contributed by atoms with Gasteiger partial charge in [-0.15, -0.1) is 24.0 Å². The third-order valence-corrected chi connectivity index (χ3v) is 3.61. The molecule has 1 amide bonds. The van der Waals surface area contributed by atoms with E-state index in [2.05, 4.69) is 15.6 Å². The molecule has 2 aromatic rings. The molecule has 1 aromatic heterocycles. The molecule has 0 aliphatic heterocycles. The highest BCUT2D eigenvalue weighted by Gasteiger charge is 2.07. The van der Waals surface area contributed by atoms with Crippen molar-refractivity contribution in [2.45, 2.75) is 19.9 Å². The van der Waals surface area contributed by atoms with E-state index in [1.807, 2.05) is 43.3 Å². The second-order valence-electron chi connectivity index (χ2n) is 5.85.